The van der Waals surface area contributed by atoms with E-state index < -0.39 is 0 Å². The highest BCUT2D eigenvalue weighted by atomic mass is 16.5. The first-order valence-corrected chi connectivity index (χ1v) is 6.20. The van der Waals surface area contributed by atoms with E-state index >= 15 is 0 Å². The third-order valence-corrected chi connectivity index (χ3v) is 2.96. The van der Waals surface area contributed by atoms with E-state index in [-0.39, 0.29) is 17.3 Å². The number of ether oxygens (including phenoxy) is 2. The van der Waals surface area contributed by atoms with Gasteiger partial charge in [-0.15, -0.1) is 0 Å². The van der Waals surface area contributed by atoms with Gasteiger partial charge in [-0.05, 0) is 35.5 Å². The Morgan fingerprint density at radius 1 is 0.950 bits per heavy atom. The summed E-state index contributed by atoms with van der Waals surface area (Å²) in [5.74, 6) is 0.325. The van der Waals surface area contributed by atoms with E-state index in [1.54, 1.807) is 12.2 Å². The van der Waals surface area contributed by atoms with E-state index in [0.29, 0.717) is 0 Å². The summed E-state index contributed by atoms with van der Waals surface area (Å²) in [6.45, 7) is 0. The molecule has 1 heterocycles. The van der Waals surface area contributed by atoms with Crippen molar-refractivity contribution < 1.29 is 14.3 Å². The zero-order valence-corrected chi connectivity index (χ0v) is 11.8. The number of hydrogen-bond acceptors (Lipinski definition) is 4. The smallest absolute Gasteiger partial charge is 0.261 e. The fraction of sp³-hybridized carbons (Fsp3) is 0.188. The number of Topliss-reactive ketones (excluding diaryl/α,β-unsaturated/α-hetero) is 1. The minimum Gasteiger partial charge on any atom is -0.492 e. The van der Waals surface area contributed by atoms with Crippen molar-refractivity contribution in [1.29, 1.82) is 0 Å². The van der Waals surface area contributed by atoms with Crippen LogP contribution in [0.25, 0.3) is 0 Å². The number of nitrogens with zero attached hydrogens (tertiary/aromatic N) is 1. The lowest BCUT2D eigenvalue weighted by atomic mass is 10.0. The molecule has 0 amide bonds. The second-order valence-electron chi connectivity index (χ2n) is 4.38. The molecule has 4 heteroatoms. The van der Waals surface area contributed by atoms with Crippen LogP contribution >= 0.6 is 0 Å². The molecule has 1 aliphatic heterocycles. The van der Waals surface area contributed by atoms with Crippen molar-refractivity contribution in [3.05, 3.63) is 71.5 Å². The van der Waals surface area contributed by atoms with Crippen LogP contribution < -0.4 is 0 Å². The molecule has 0 atom stereocenters. The Hall–Kier alpha value is -2.49. The van der Waals surface area contributed by atoms with Crippen molar-refractivity contribution in [3.8, 4) is 0 Å². The molecule has 0 aromatic carbocycles. The summed E-state index contributed by atoms with van der Waals surface area (Å²) in [4.78, 5) is 13.8. The number of ketones is 1. The standard InChI is InChI=1S/C16H17NO3/c1-17-8-6-12(7-9-17)4-5-13-10-14(19-2)16(18)15(11-13)20-3/h4-11H,1-3H3. The van der Waals surface area contributed by atoms with Crippen LogP contribution in [0.1, 0.15) is 0 Å². The second-order valence-corrected chi connectivity index (χ2v) is 4.38. The van der Waals surface area contributed by atoms with E-state index in [2.05, 4.69) is 0 Å². The summed E-state index contributed by atoms with van der Waals surface area (Å²) < 4.78 is 10.1. The van der Waals surface area contributed by atoms with Crippen molar-refractivity contribution in [1.82, 2.24) is 4.90 Å². The summed E-state index contributed by atoms with van der Waals surface area (Å²) in [5.41, 5.74) is 1.93. The monoisotopic (exact) mass is 271 g/mol. The Morgan fingerprint density at radius 2 is 1.45 bits per heavy atom. The molecule has 0 bridgehead atoms. The molecule has 4 nitrogen and oxygen atoms in total. The molecule has 0 radical (unpaired) electrons. The van der Waals surface area contributed by atoms with Gasteiger partial charge in [-0.2, -0.15) is 0 Å². The van der Waals surface area contributed by atoms with Gasteiger partial charge in [0.15, 0.2) is 11.5 Å². The van der Waals surface area contributed by atoms with Crippen molar-refractivity contribution in [3.63, 3.8) is 0 Å². The first kappa shape index (κ1) is 13.9. The van der Waals surface area contributed by atoms with Crippen LogP contribution in [0.3, 0.4) is 0 Å². The van der Waals surface area contributed by atoms with Gasteiger partial charge in [-0.1, -0.05) is 12.2 Å². The van der Waals surface area contributed by atoms with Crippen LogP contribution in [0.4, 0.5) is 0 Å². The Morgan fingerprint density at radius 3 is 1.95 bits per heavy atom. The topological polar surface area (TPSA) is 38.8 Å². The molecule has 2 rings (SSSR count). The maximum absolute atomic E-state index is 11.8. The average Bonchev–Trinajstić information content (AvgIpc) is 2.47. The van der Waals surface area contributed by atoms with Crippen LogP contribution in [0.2, 0.25) is 0 Å². The van der Waals surface area contributed by atoms with Gasteiger partial charge in [0.2, 0.25) is 0 Å². The third-order valence-electron chi connectivity index (χ3n) is 2.96. The van der Waals surface area contributed by atoms with E-state index in [1.165, 1.54) is 14.2 Å². The van der Waals surface area contributed by atoms with Crippen LogP contribution in [0, 0.1) is 0 Å². The summed E-state index contributed by atoms with van der Waals surface area (Å²) in [5, 5.41) is 0. The number of allylic oxidation sites excluding steroid dienone is 8. The highest BCUT2D eigenvalue weighted by Crippen LogP contribution is 2.20. The van der Waals surface area contributed by atoms with E-state index in [9.17, 15) is 4.79 Å². The summed E-state index contributed by atoms with van der Waals surface area (Å²) >= 11 is 0. The molecule has 0 fully saturated rings. The minimum absolute atomic E-state index is 0.237. The lowest BCUT2D eigenvalue weighted by Crippen LogP contribution is -2.13. The first-order valence-electron chi connectivity index (χ1n) is 6.20. The molecule has 104 valence electrons. The second kappa shape index (κ2) is 6.10. The van der Waals surface area contributed by atoms with Crippen molar-refractivity contribution in [2.24, 2.45) is 0 Å². The summed E-state index contributed by atoms with van der Waals surface area (Å²) in [7, 11) is 4.91. The van der Waals surface area contributed by atoms with Crippen LogP contribution in [-0.2, 0) is 14.3 Å². The molecule has 0 aromatic rings. The molecule has 0 saturated carbocycles. The fourth-order valence-corrected chi connectivity index (χ4v) is 1.81. The van der Waals surface area contributed by atoms with Crippen molar-refractivity contribution in [2.75, 3.05) is 21.3 Å². The van der Waals surface area contributed by atoms with Crippen molar-refractivity contribution >= 4 is 5.78 Å². The van der Waals surface area contributed by atoms with Gasteiger partial charge < -0.3 is 14.4 Å². The highest BCUT2D eigenvalue weighted by molar-refractivity contribution is 6.07. The van der Waals surface area contributed by atoms with Gasteiger partial charge in [0, 0.05) is 19.4 Å². The van der Waals surface area contributed by atoms with Crippen LogP contribution in [0.15, 0.2) is 71.5 Å². The number of methoxy groups -OCH3 is 2. The molecule has 20 heavy (non-hydrogen) atoms. The highest BCUT2D eigenvalue weighted by Gasteiger charge is 2.21. The molecule has 2 aliphatic rings. The average molecular weight is 271 g/mol. The number of carbonyl (C=O) groups excluding carboxylic acids is 1. The molecule has 0 N–H and O–H groups in total. The SMILES string of the molecule is COC1=CC(=CC=C2C=CN(C)C=C2)C=C(OC)C1=O. The predicted molar refractivity (Wildman–Crippen MR) is 77.4 cm³/mol. The molecule has 0 unspecified atom stereocenters. The Kier molecular flexibility index (Phi) is 4.25. The summed E-state index contributed by atoms with van der Waals surface area (Å²) in [6, 6.07) is 0. The lowest BCUT2D eigenvalue weighted by molar-refractivity contribution is -0.117. The quantitative estimate of drug-likeness (QED) is 0.790. The molecule has 0 spiro atoms. The number of carbonyl (C=O) groups is 1. The molecular weight excluding hydrogens is 254 g/mol. The Bertz CT molecular complexity index is 547. The predicted octanol–water partition coefficient (Wildman–Crippen LogP) is 2.46. The normalized spacial score (nSPS) is 17.8. The zero-order valence-electron chi connectivity index (χ0n) is 11.8. The molecular formula is C16H17NO3. The van der Waals surface area contributed by atoms with E-state index in [0.717, 1.165) is 11.1 Å². The van der Waals surface area contributed by atoms with Gasteiger partial charge in [0.25, 0.3) is 5.78 Å². The van der Waals surface area contributed by atoms with Crippen LogP contribution in [0.5, 0.6) is 0 Å². The van der Waals surface area contributed by atoms with Gasteiger partial charge in [0.1, 0.15) is 0 Å². The maximum Gasteiger partial charge on any atom is 0.261 e. The van der Waals surface area contributed by atoms with E-state index in [4.69, 9.17) is 9.47 Å². The van der Waals surface area contributed by atoms with Gasteiger partial charge >= 0.3 is 0 Å². The Labute approximate surface area is 118 Å². The maximum atomic E-state index is 11.8. The minimum atomic E-state index is -0.237. The zero-order chi connectivity index (χ0) is 14.5. The number of rotatable bonds is 3. The first-order chi connectivity index (χ1) is 9.63. The lowest BCUT2D eigenvalue weighted by Gasteiger charge is -2.13. The van der Waals surface area contributed by atoms with Crippen molar-refractivity contribution in [2.45, 2.75) is 0 Å². The van der Waals surface area contributed by atoms with Gasteiger partial charge in [0.05, 0.1) is 14.2 Å². The number of hydrogen-bond donors (Lipinski definition) is 0. The largest absolute Gasteiger partial charge is 0.492 e. The fourth-order valence-electron chi connectivity index (χ4n) is 1.81. The third kappa shape index (κ3) is 3.09. The van der Waals surface area contributed by atoms with E-state index in [1.807, 2.05) is 48.7 Å². The summed E-state index contributed by atoms with van der Waals surface area (Å²) in [6.07, 6.45) is 15.2. The molecule has 0 saturated heterocycles. The van der Waals surface area contributed by atoms with Gasteiger partial charge in [-0.3, -0.25) is 4.79 Å². The molecule has 1 aliphatic carbocycles. The molecule has 0 aromatic heterocycles. The Balaban J connectivity index is 2.25. The van der Waals surface area contributed by atoms with Crippen LogP contribution in [-0.4, -0.2) is 32.0 Å². The van der Waals surface area contributed by atoms with Gasteiger partial charge in [-0.25, -0.2) is 0 Å².